The minimum atomic E-state index is -0.213. The van der Waals surface area contributed by atoms with Gasteiger partial charge in [-0.05, 0) is 27.9 Å². The Hall–Kier alpha value is -0.160. The zero-order valence-corrected chi connectivity index (χ0v) is 8.50. The van der Waals surface area contributed by atoms with Gasteiger partial charge in [-0.2, -0.15) is 0 Å². The van der Waals surface area contributed by atoms with Gasteiger partial charge in [0.05, 0.1) is 18.8 Å². The van der Waals surface area contributed by atoms with Crippen LogP contribution in [0.5, 0.6) is 0 Å². The van der Waals surface area contributed by atoms with Crippen molar-refractivity contribution in [3.05, 3.63) is 0 Å². The van der Waals surface area contributed by atoms with Crippen LogP contribution in [0.2, 0.25) is 0 Å². The van der Waals surface area contributed by atoms with E-state index >= 15 is 0 Å². The summed E-state index contributed by atoms with van der Waals surface area (Å²) in [7, 11) is 3.31. The molecule has 1 heterocycles. The van der Waals surface area contributed by atoms with Gasteiger partial charge in [-0.25, -0.2) is 0 Å². The van der Waals surface area contributed by atoms with Crippen molar-refractivity contribution in [3.8, 4) is 0 Å². The molecule has 0 radical (unpaired) electrons. The average molecular weight is 194 g/mol. The van der Waals surface area contributed by atoms with Crippen molar-refractivity contribution < 1.29 is 9.84 Å². The fourth-order valence-corrected chi connectivity index (χ4v) is 0.392. The number of nitrogens with two attached hydrogens (primary N) is 1. The molecular weight excluding hydrogens is 168 g/mol. The van der Waals surface area contributed by atoms with Gasteiger partial charge in [-0.15, -0.1) is 0 Å². The van der Waals surface area contributed by atoms with Crippen LogP contribution < -0.4 is 11.1 Å². The lowest BCUT2D eigenvalue weighted by atomic mass is 10.4. The van der Waals surface area contributed by atoms with Crippen LogP contribution in [-0.4, -0.2) is 44.6 Å². The zero-order valence-electron chi connectivity index (χ0n) is 8.50. The quantitative estimate of drug-likeness (QED) is 0.549. The smallest absolute Gasteiger partial charge is 0.0781 e. The van der Waals surface area contributed by atoms with Crippen molar-refractivity contribution in [2.75, 3.05) is 27.2 Å². The third kappa shape index (κ3) is 33.6. The summed E-state index contributed by atoms with van der Waals surface area (Å²) in [5.74, 6) is 0. The van der Waals surface area contributed by atoms with E-state index in [1.165, 1.54) is 7.05 Å². The van der Waals surface area contributed by atoms with Crippen LogP contribution in [0.1, 0.15) is 21.3 Å². The summed E-state index contributed by atoms with van der Waals surface area (Å²) in [5.41, 5.74) is 4.50. The Morgan fingerprint density at radius 3 is 1.92 bits per heavy atom. The van der Waals surface area contributed by atoms with Crippen LogP contribution >= 0.6 is 0 Å². The van der Waals surface area contributed by atoms with Crippen LogP contribution in [-0.2, 0) is 4.74 Å². The fourth-order valence-electron chi connectivity index (χ4n) is 0.392. The number of hydrogen-bond donors (Lipinski definition) is 3. The minimum absolute atomic E-state index is 0. The summed E-state index contributed by atoms with van der Waals surface area (Å²) in [6, 6.07) is 0. The molecule has 2 atom stereocenters. The summed E-state index contributed by atoms with van der Waals surface area (Å²) in [6.07, 6.45) is 0.370. The van der Waals surface area contributed by atoms with E-state index in [-0.39, 0.29) is 13.5 Å². The molecule has 0 aromatic heterocycles. The largest absolute Gasteiger partial charge is 0.392 e. The van der Waals surface area contributed by atoms with E-state index < -0.39 is 0 Å². The molecule has 1 aliphatic rings. The lowest BCUT2D eigenvalue weighted by Crippen LogP contribution is -2.19. The topological polar surface area (TPSA) is 70.8 Å². The van der Waals surface area contributed by atoms with E-state index in [4.69, 9.17) is 9.84 Å². The van der Waals surface area contributed by atoms with E-state index in [0.29, 0.717) is 12.6 Å². The van der Waals surface area contributed by atoms with Gasteiger partial charge < -0.3 is 20.9 Å². The van der Waals surface area contributed by atoms with Gasteiger partial charge in [-0.3, -0.25) is 0 Å². The second kappa shape index (κ2) is 14.4. The van der Waals surface area contributed by atoms with E-state index in [9.17, 15) is 0 Å². The van der Waals surface area contributed by atoms with Gasteiger partial charge in [0.25, 0.3) is 0 Å². The molecule has 13 heavy (non-hydrogen) atoms. The maximum absolute atomic E-state index is 8.49. The van der Waals surface area contributed by atoms with Crippen LogP contribution in [0.4, 0.5) is 0 Å². The third-order valence-corrected chi connectivity index (χ3v) is 1.000. The molecule has 4 heteroatoms. The minimum Gasteiger partial charge on any atom is -0.392 e. The maximum Gasteiger partial charge on any atom is 0.0781 e. The van der Waals surface area contributed by atoms with Crippen molar-refractivity contribution in [3.63, 3.8) is 0 Å². The Labute approximate surface area is 82.5 Å². The summed E-state index contributed by atoms with van der Waals surface area (Å²) >= 11 is 0. The molecule has 0 spiro atoms. The van der Waals surface area contributed by atoms with Crippen molar-refractivity contribution >= 4 is 0 Å². The normalized spacial score (nSPS) is 19.4. The van der Waals surface area contributed by atoms with Crippen LogP contribution in [0.25, 0.3) is 0 Å². The summed E-state index contributed by atoms with van der Waals surface area (Å²) in [6.45, 7) is 5.47. The van der Waals surface area contributed by atoms with E-state index in [1.54, 1.807) is 6.92 Å². The number of epoxide rings is 1. The van der Waals surface area contributed by atoms with Crippen LogP contribution in [0.15, 0.2) is 0 Å². The van der Waals surface area contributed by atoms with Crippen LogP contribution in [0, 0.1) is 0 Å². The van der Waals surface area contributed by atoms with Crippen molar-refractivity contribution in [1.82, 2.24) is 5.32 Å². The highest BCUT2D eigenvalue weighted by Gasteiger charge is 2.13. The molecule has 0 saturated carbocycles. The molecule has 0 aromatic rings. The number of aliphatic hydroxyl groups is 1. The van der Waals surface area contributed by atoms with E-state index in [2.05, 4.69) is 18.0 Å². The monoisotopic (exact) mass is 194 g/mol. The Kier molecular flexibility index (Phi) is 20.5. The lowest BCUT2D eigenvalue weighted by molar-refractivity contribution is 0.194. The predicted octanol–water partition coefficient (Wildman–Crippen LogP) is 0.203. The van der Waals surface area contributed by atoms with E-state index in [1.807, 2.05) is 7.05 Å². The highest BCUT2D eigenvalue weighted by Crippen LogP contribution is 2.04. The predicted molar refractivity (Wildman–Crippen MR) is 57.9 cm³/mol. The van der Waals surface area contributed by atoms with Crippen molar-refractivity contribution in [2.24, 2.45) is 5.73 Å². The molecule has 0 amide bonds. The Bertz CT molecular complexity index is 76.0. The SMILES string of the molecule is C.CC1CO1.CN.CNCC(C)O. The molecule has 0 aromatic carbocycles. The number of aliphatic hydroxyl groups excluding tert-OH is 1. The second-order valence-electron chi connectivity index (χ2n) is 2.55. The lowest BCUT2D eigenvalue weighted by Gasteiger charge is -1.97. The fraction of sp³-hybridized carbons (Fsp3) is 1.00. The molecule has 0 aliphatic carbocycles. The van der Waals surface area contributed by atoms with E-state index in [0.717, 1.165) is 6.61 Å². The first kappa shape index (κ1) is 18.6. The number of rotatable bonds is 2. The Morgan fingerprint density at radius 2 is 1.92 bits per heavy atom. The van der Waals surface area contributed by atoms with Gasteiger partial charge >= 0.3 is 0 Å². The molecule has 1 saturated heterocycles. The molecular formula is C9H26N2O2. The molecule has 0 bridgehead atoms. The van der Waals surface area contributed by atoms with Crippen molar-refractivity contribution in [1.29, 1.82) is 0 Å². The van der Waals surface area contributed by atoms with Gasteiger partial charge in [0.15, 0.2) is 0 Å². The number of hydrogen-bond acceptors (Lipinski definition) is 4. The molecule has 1 fully saturated rings. The Morgan fingerprint density at radius 1 is 1.62 bits per heavy atom. The van der Waals surface area contributed by atoms with Gasteiger partial charge in [0, 0.05) is 6.54 Å². The highest BCUT2D eigenvalue weighted by atomic mass is 16.6. The molecule has 84 valence electrons. The maximum atomic E-state index is 8.49. The zero-order chi connectivity index (χ0) is 9.98. The first-order chi connectivity index (χ1) is 5.66. The van der Waals surface area contributed by atoms with Gasteiger partial charge in [-0.1, -0.05) is 7.43 Å². The first-order valence-electron chi connectivity index (χ1n) is 4.18. The molecule has 1 rings (SSSR count). The van der Waals surface area contributed by atoms with Crippen molar-refractivity contribution in [2.45, 2.75) is 33.5 Å². The summed E-state index contributed by atoms with van der Waals surface area (Å²) in [4.78, 5) is 0. The average Bonchev–Trinajstić information content (AvgIpc) is 2.77. The summed E-state index contributed by atoms with van der Waals surface area (Å²) < 4.78 is 4.71. The number of likely N-dealkylation sites (N-methyl/N-ethyl adjacent to an activating group) is 1. The molecule has 4 nitrogen and oxygen atoms in total. The highest BCUT2D eigenvalue weighted by molar-refractivity contribution is 4.58. The number of nitrogens with one attached hydrogen (secondary N) is 1. The summed E-state index contributed by atoms with van der Waals surface area (Å²) in [5, 5.41) is 11.3. The number of ether oxygens (including phenoxy) is 1. The van der Waals surface area contributed by atoms with Gasteiger partial charge in [0.2, 0.25) is 0 Å². The molecule has 2 unspecified atom stereocenters. The molecule has 1 aliphatic heterocycles. The second-order valence-corrected chi connectivity index (χ2v) is 2.55. The third-order valence-electron chi connectivity index (χ3n) is 1.000. The Balaban J connectivity index is -0.000000125. The molecule has 4 N–H and O–H groups in total. The van der Waals surface area contributed by atoms with Crippen LogP contribution in [0.3, 0.4) is 0 Å². The first-order valence-corrected chi connectivity index (χ1v) is 4.18. The standard InChI is InChI=1S/C4H11NO.C3H6O.CH5N.CH4/c1-4(6)3-5-2;1-3-2-4-3;1-2;/h4-6H,3H2,1-2H3;3H,2H2,1H3;2H2,1H3;1H4. The van der Waals surface area contributed by atoms with Gasteiger partial charge in [0.1, 0.15) is 0 Å².